The van der Waals surface area contributed by atoms with Gasteiger partial charge in [-0.15, -0.1) is 24.0 Å². The van der Waals surface area contributed by atoms with Crippen LogP contribution in [0.5, 0.6) is 0 Å². The molecule has 2 aliphatic heterocycles. The summed E-state index contributed by atoms with van der Waals surface area (Å²) in [7, 11) is 4.07. The van der Waals surface area contributed by atoms with E-state index >= 15 is 0 Å². The van der Waals surface area contributed by atoms with Gasteiger partial charge >= 0.3 is 0 Å². The molecule has 0 bridgehead atoms. The molecule has 7 nitrogen and oxygen atoms in total. The van der Waals surface area contributed by atoms with E-state index in [0.29, 0.717) is 0 Å². The lowest BCUT2D eigenvalue weighted by Crippen LogP contribution is -2.39. The maximum absolute atomic E-state index is 5.47. The van der Waals surface area contributed by atoms with Gasteiger partial charge in [0, 0.05) is 52.9 Å². The molecule has 1 aromatic rings. The molecule has 0 saturated carbocycles. The number of aliphatic imine (C=N–C) groups is 1. The minimum Gasteiger partial charge on any atom is -0.379 e. The van der Waals surface area contributed by atoms with Gasteiger partial charge in [0.2, 0.25) is 0 Å². The SMILES string of the molecule is CN=C(NCCCN1CCCN(C)CC1)NCc1ccccc1CN1CCOCC1.I. The summed E-state index contributed by atoms with van der Waals surface area (Å²) in [6.07, 6.45) is 2.41. The number of hydrogen-bond donors (Lipinski definition) is 2. The number of hydrogen-bond acceptors (Lipinski definition) is 5. The van der Waals surface area contributed by atoms with Crippen LogP contribution < -0.4 is 10.6 Å². The summed E-state index contributed by atoms with van der Waals surface area (Å²) in [6.45, 7) is 12.4. The van der Waals surface area contributed by atoms with Gasteiger partial charge < -0.3 is 25.2 Å². The van der Waals surface area contributed by atoms with Crippen molar-refractivity contribution in [3.05, 3.63) is 35.4 Å². The average Bonchev–Trinajstić information content (AvgIpc) is 2.99. The van der Waals surface area contributed by atoms with E-state index in [1.54, 1.807) is 0 Å². The predicted molar refractivity (Wildman–Crippen MR) is 139 cm³/mol. The van der Waals surface area contributed by atoms with Crippen molar-refractivity contribution < 1.29 is 4.74 Å². The Morgan fingerprint density at radius 3 is 2.52 bits per heavy atom. The lowest BCUT2D eigenvalue weighted by molar-refractivity contribution is 0.0341. The second-order valence-corrected chi connectivity index (χ2v) is 8.36. The van der Waals surface area contributed by atoms with Crippen molar-refractivity contribution >= 4 is 29.9 Å². The topological polar surface area (TPSA) is 55.4 Å². The van der Waals surface area contributed by atoms with Crippen molar-refractivity contribution in [2.75, 3.05) is 79.7 Å². The quantitative estimate of drug-likeness (QED) is 0.226. The highest BCUT2D eigenvalue weighted by Crippen LogP contribution is 2.13. The third-order valence-corrected chi connectivity index (χ3v) is 6.04. The monoisotopic (exact) mass is 544 g/mol. The van der Waals surface area contributed by atoms with Gasteiger partial charge in [-0.05, 0) is 50.7 Å². The van der Waals surface area contributed by atoms with Crippen molar-refractivity contribution in [3.8, 4) is 0 Å². The van der Waals surface area contributed by atoms with Gasteiger partial charge in [0.1, 0.15) is 0 Å². The van der Waals surface area contributed by atoms with E-state index in [2.05, 4.69) is 61.6 Å². The maximum atomic E-state index is 5.47. The first kappa shape index (κ1) is 26.3. The fourth-order valence-corrected chi connectivity index (χ4v) is 4.12. The van der Waals surface area contributed by atoms with Crippen LogP contribution in [0.2, 0.25) is 0 Å². The molecule has 3 rings (SSSR count). The standard InChI is InChI=1S/C23H40N6O.HI/c1-24-23(25-9-5-11-28-12-6-10-27(2)13-14-28)26-19-21-7-3-4-8-22(21)20-29-15-17-30-18-16-29;/h3-4,7-8H,5-6,9-20H2,1-2H3,(H2,24,25,26);1H. The number of likely N-dealkylation sites (N-methyl/N-ethyl adjacent to an activating group) is 1. The highest BCUT2D eigenvalue weighted by atomic mass is 127. The second-order valence-electron chi connectivity index (χ2n) is 8.36. The van der Waals surface area contributed by atoms with Crippen LogP contribution in [0.3, 0.4) is 0 Å². The Bertz CT molecular complexity index is 653. The molecule has 8 heteroatoms. The van der Waals surface area contributed by atoms with Gasteiger partial charge in [0.25, 0.3) is 0 Å². The van der Waals surface area contributed by atoms with Crippen LogP contribution in [0.1, 0.15) is 24.0 Å². The van der Waals surface area contributed by atoms with E-state index in [4.69, 9.17) is 4.74 Å². The van der Waals surface area contributed by atoms with E-state index in [0.717, 1.165) is 64.9 Å². The Hall–Kier alpha value is -0.940. The maximum Gasteiger partial charge on any atom is 0.191 e. The number of guanidine groups is 1. The molecule has 0 unspecified atom stereocenters. The largest absolute Gasteiger partial charge is 0.379 e. The van der Waals surface area contributed by atoms with Gasteiger partial charge in [0.15, 0.2) is 5.96 Å². The summed E-state index contributed by atoms with van der Waals surface area (Å²) in [6, 6.07) is 8.70. The summed E-state index contributed by atoms with van der Waals surface area (Å²) in [5.41, 5.74) is 2.72. The van der Waals surface area contributed by atoms with E-state index in [1.807, 2.05) is 7.05 Å². The molecule has 2 saturated heterocycles. The summed E-state index contributed by atoms with van der Waals surface area (Å²) in [4.78, 5) is 11.9. The molecule has 2 aliphatic rings. The van der Waals surface area contributed by atoms with E-state index in [1.165, 1.54) is 43.7 Å². The highest BCUT2D eigenvalue weighted by molar-refractivity contribution is 14.0. The van der Waals surface area contributed by atoms with Gasteiger partial charge in [-0.25, -0.2) is 0 Å². The third-order valence-electron chi connectivity index (χ3n) is 6.04. The van der Waals surface area contributed by atoms with Gasteiger partial charge in [-0.1, -0.05) is 24.3 Å². The first-order valence-corrected chi connectivity index (χ1v) is 11.5. The van der Waals surface area contributed by atoms with E-state index in [-0.39, 0.29) is 24.0 Å². The van der Waals surface area contributed by atoms with Crippen molar-refractivity contribution in [2.24, 2.45) is 4.99 Å². The summed E-state index contributed by atoms with van der Waals surface area (Å²) in [5, 5.41) is 6.97. The molecule has 2 fully saturated rings. The zero-order valence-electron chi connectivity index (χ0n) is 19.3. The van der Waals surface area contributed by atoms with Gasteiger partial charge in [-0.2, -0.15) is 0 Å². The fourth-order valence-electron chi connectivity index (χ4n) is 4.12. The lowest BCUT2D eigenvalue weighted by atomic mass is 10.1. The van der Waals surface area contributed by atoms with Crippen LogP contribution in [-0.4, -0.2) is 100 Å². The molecule has 2 heterocycles. The summed E-state index contributed by atoms with van der Waals surface area (Å²) >= 11 is 0. The van der Waals surface area contributed by atoms with Crippen LogP contribution in [0.15, 0.2) is 29.3 Å². The minimum absolute atomic E-state index is 0. The zero-order valence-corrected chi connectivity index (χ0v) is 21.6. The van der Waals surface area contributed by atoms with Crippen molar-refractivity contribution in [2.45, 2.75) is 25.9 Å². The number of halogens is 1. The van der Waals surface area contributed by atoms with E-state index in [9.17, 15) is 0 Å². The molecule has 0 aromatic heterocycles. The molecular formula is C23H41IN6O. The van der Waals surface area contributed by atoms with E-state index < -0.39 is 0 Å². The molecule has 0 amide bonds. The molecule has 31 heavy (non-hydrogen) atoms. The Morgan fingerprint density at radius 2 is 1.74 bits per heavy atom. The minimum atomic E-state index is 0. The van der Waals surface area contributed by atoms with Gasteiger partial charge in [-0.3, -0.25) is 9.89 Å². The Kier molecular flexibility index (Phi) is 12.7. The van der Waals surface area contributed by atoms with Crippen LogP contribution in [0.25, 0.3) is 0 Å². The molecule has 0 atom stereocenters. The summed E-state index contributed by atoms with van der Waals surface area (Å²) in [5.74, 6) is 0.881. The van der Waals surface area contributed by atoms with Crippen molar-refractivity contribution in [1.29, 1.82) is 0 Å². The number of nitrogens with zero attached hydrogens (tertiary/aromatic N) is 4. The molecule has 0 radical (unpaired) electrons. The van der Waals surface area contributed by atoms with Crippen LogP contribution in [0.4, 0.5) is 0 Å². The molecular weight excluding hydrogens is 503 g/mol. The Morgan fingerprint density at radius 1 is 0.968 bits per heavy atom. The summed E-state index contributed by atoms with van der Waals surface area (Å²) < 4.78 is 5.47. The molecule has 2 N–H and O–H groups in total. The smallest absolute Gasteiger partial charge is 0.191 e. The Balaban J connectivity index is 0.00000341. The molecule has 0 spiro atoms. The number of benzene rings is 1. The van der Waals surface area contributed by atoms with Crippen LogP contribution in [-0.2, 0) is 17.8 Å². The normalized spacial score (nSPS) is 19.5. The highest BCUT2D eigenvalue weighted by Gasteiger charge is 2.13. The number of morpholine rings is 1. The number of nitrogens with one attached hydrogen (secondary N) is 2. The number of ether oxygens (including phenoxy) is 1. The third kappa shape index (κ3) is 9.61. The first-order chi connectivity index (χ1) is 14.7. The second kappa shape index (κ2) is 15.0. The van der Waals surface area contributed by atoms with Crippen molar-refractivity contribution in [1.82, 2.24) is 25.3 Å². The van der Waals surface area contributed by atoms with Crippen molar-refractivity contribution in [3.63, 3.8) is 0 Å². The van der Waals surface area contributed by atoms with Gasteiger partial charge in [0.05, 0.1) is 13.2 Å². The first-order valence-electron chi connectivity index (χ1n) is 11.5. The average molecular weight is 545 g/mol. The number of rotatable bonds is 8. The molecule has 0 aliphatic carbocycles. The molecule has 1 aromatic carbocycles. The Labute approximate surface area is 205 Å². The predicted octanol–water partition coefficient (Wildman–Crippen LogP) is 1.83. The lowest BCUT2D eigenvalue weighted by Gasteiger charge is -2.27. The van der Waals surface area contributed by atoms with Crippen LogP contribution >= 0.6 is 24.0 Å². The van der Waals surface area contributed by atoms with Crippen LogP contribution in [0, 0.1) is 0 Å². The molecule has 176 valence electrons. The zero-order chi connectivity index (χ0) is 21.0. The fraction of sp³-hybridized carbons (Fsp3) is 0.696.